The number of carbonyl (C=O) groups excluding carboxylic acids is 1. The molecule has 0 radical (unpaired) electrons. The molecule has 4 nitrogen and oxygen atoms in total. The molecule has 1 saturated heterocycles. The SMILES string of the molecule is COCC1CCN(C(=O)c2ccc(C#CCO)c(C)c2)C1. The van der Waals surface area contributed by atoms with Crippen molar-refractivity contribution in [2.45, 2.75) is 13.3 Å². The Morgan fingerprint density at radius 2 is 2.33 bits per heavy atom. The first-order valence-electron chi connectivity index (χ1n) is 7.14. The van der Waals surface area contributed by atoms with E-state index < -0.39 is 0 Å². The predicted molar refractivity (Wildman–Crippen MR) is 81.0 cm³/mol. The molecule has 1 heterocycles. The molecule has 1 fully saturated rings. The third-order valence-electron chi connectivity index (χ3n) is 3.75. The fraction of sp³-hybridized carbons (Fsp3) is 0.471. The number of amides is 1. The molecule has 1 aromatic rings. The Morgan fingerprint density at radius 1 is 1.52 bits per heavy atom. The summed E-state index contributed by atoms with van der Waals surface area (Å²) in [5, 5.41) is 8.73. The molecule has 1 unspecified atom stereocenters. The Hall–Kier alpha value is -1.83. The first kappa shape index (κ1) is 15.6. The summed E-state index contributed by atoms with van der Waals surface area (Å²) in [5.41, 5.74) is 2.49. The number of hydrogen-bond donors (Lipinski definition) is 1. The molecule has 4 heteroatoms. The van der Waals surface area contributed by atoms with Crippen LogP contribution in [0.1, 0.15) is 27.9 Å². The van der Waals surface area contributed by atoms with Crippen molar-refractivity contribution in [2.75, 3.05) is 33.4 Å². The molecule has 1 amide bonds. The van der Waals surface area contributed by atoms with Crippen LogP contribution in [-0.4, -0.2) is 49.3 Å². The maximum absolute atomic E-state index is 12.5. The number of aryl methyl sites for hydroxylation is 1. The van der Waals surface area contributed by atoms with Crippen LogP contribution in [0.3, 0.4) is 0 Å². The van der Waals surface area contributed by atoms with Gasteiger partial charge in [0.15, 0.2) is 0 Å². The van der Waals surface area contributed by atoms with E-state index in [9.17, 15) is 4.79 Å². The minimum Gasteiger partial charge on any atom is -0.384 e. The van der Waals surface area contributed by atoms with Gasteiger partial charge in [-0.25, -0.2) is 0 Å². The monoisotopic (exact) mass is 287 g/mol. The Balaban J connectivity index is 2.08. The van der Waals surface area contributed by atoms with E-state index in [0.717, 1.165) is 30.6 Å². The number of rotatable bonds is 3. The number of nitrogens with zero attached hydrogens (tertiary/aromatic N) is 1. The third kappa shape index (κ3) is 3.84. The van der Waals surface area contributed by atoms with Gasteiger partial charge in [0.05, 0.1) is 6.61 Å². The Morgan fingerprint density at radius 3 is 3.00 bits per heavy atom. The van der Waals surface area contributed by atoms with Crippen molar-refractivity contribution in [3.8, 4) is 11.8 Å². The summed E-state index contributed by atoms with van der Waals surface area (Å²) >= 11 is 0. The first-order valence-corrected chi connectivity index (χ1v) is 7.14. The maximum atomic E-state index is 12.5. The van der Waals surface area contributed by atoms with Gasteiger partial charge in [-0.3, -0.25) is 4.79 Å². The van der Waals surface area contributed by atoms with Gasteiger partial charge in [-0.05, 0) is 37.1 Å². The van der Waals surface area contributed by atoms with Gasteiger partial charge in [-0.1, -0.05) is 11.8 Å². The molecule has 1 aliphatic rings. The summed E-state index contributed by atoms with van der Waals surface area (Å²) < 4.78 is 5.16. The van der Waals surface area contributed by atoms with Crippen LogP contribution in [0.5, 0.6) is 0 Å². The van der Waals surface area contributed by atoms with E-state index in [1.54, 1.807) is 13.2 Å². The van der Waals surface area contributed by atoms with Crippen LogP contribution < -0.4 is 0 Å². The lowest BCUT2D eigenvalue weighted by molar-refractivity contribution is 0.0775. The van der Waals surface area contributed by atoms with Crippen LogP contribution in [0.15, 0.2) is 18.2 Å². The van der Waals surface area contributed by atoms with E-state index in [0.29, 0.717) is 18.1 Å². The highest BCUT2D eigenvalue weighted by molar-refractivity contribution is 5.94. The van der Waals surface area contributed by atoms with E-state index >= 15 is 0 Å². The number of aliphatic hydroxyl groups excluding tert-OH is 1. The van der Waals surface area contributed by atoms with Gasteiger partial charge in [0.1, 0.15) is 6.61 Å². The second-order valence-electron chi connectivity index (χ2n) is 5.35. The summed E-state index contributed by atoms with van der Waals surface area (Å²) in [6, 6.07) is 5.52. The largest absolute Gasteiger partial charge is 0.384 e. The average molecular weight is 287 g/mol. The molecule has 0 saturated carbocycles. The number of benzene rings is 1. The number of methoxy groups -OCH3 is 1. The topological polar surface area (TPSA) is 49.8 Å². The molecular formula is C17H21NO3. The summed E-state index contributed by atoms with van der Waals surface area (Å²) in [6.07, 6.45) is 0.999. The zero-order chi connectivity index (χ0) is 15.2. The molecule has 21 heavy (non-hydrogen) atoms. The second-order valence-corrected chi connectivity index (χ2v) is 5.35. The quantitative estimate of drug-likeness (QED) is 0.856. The molecule has 1 aliphatic heterocycles. The molecule has 1 N–H and O–H groups in total. The van der Waals surface area contributed by atoms with E-state index in [4.69, 9.17) is 9.84 Å². The van der Waals surface area contributed by atoms with Gasteiger partial charge >= 0.3 is 0 Å². The van der Waals surface area contributed by atoms with Crippen molar-refractivity contribution in [3.63, 3.8) is 0 Å². The fourth-order valence-corrected chi connectivity index (χ4v) is 2.64. The Kier molecular flexibility index (Phi) is 5.38. The zero-order valence-corrected chi connectivity index (χ0v) is 12.6. The van der Waals surface area contributed by atoms with Crippen LogP contribution in [0.25, 0.3) is 0 Å². The second kappa shape index (κ2) is 7.26. The highest BCUT2D eigenvalue weighted by Crippen LogP contribution is 2.20. The minimum absolute atomic E-state index is 0.0679. The number of hydrogen-bond acceptors (Lipinski definition) is 3. The van der Waals surface area contributed by atoms with Gasteiger partial charge < -0.3 is 14.7 Å². The molecule has 112 valence electrons. The van der Waals surface area contributed by atoms with Gasteiger partial charge in [0.25, 0.3) is 5.91 Å². The predicted octanol–water partition coefficient (Wildman–Crippen LogP) is 1.45. The van der Waals surface area contributed by atoms with Crippen molar-refractivity contribution in [2.24, 2.45) is 5.92 Å². The van der Waals surface area contributed by atoms with Gasteiger partial charge in [0.2, 0.25) is 0 Å². The Bertz CT molecular complexity index is 571. The van der Waals surface area contributed by atoms with Crippen molar-refractivity contribution < 1.29 is 14.6 Å². The van der Waals surface area contributed by atoms with E-state index in [1.165, 1.54) is 0 Å². The number of likely N-dealkylation sites (tertiary alicyclic amines) is 1. The van der Waals surface area contributed by atoms with Crippen molar-refractivity contribution in [1.82, 2.24) is 4.90 Å². The zero-order valence-electron chi connectivity index (χ0n) is 12.6. The summed E-state index contributed by atoms with van der Waals surface area (Å²) in [7, 11) is 1.69. The summed E-state index contributed by atoms with van der Waals surface area (Å²) in [6.45, 7) is 4.03. The first-order chi connectivity index (χ1) is 10.2. The number of carbonyl (C=O) groups is 1. The Labute approximate surface area is 125 Å². The smallest absolute Gasteiger partial charge is 0.253 e. The van der Waals surface area contributed by atoms with Crippen LogP contribution in [0.2, 0.25) is 0 Å². The molecule has 1 aromatic carbocycles. The fourth-order valence-electron chi connectivity index (χ4n) is 2.64. The molecule has 0 aliphatic carbocycles. The molecular weight excluding hydrogens is 266 g/mol. The van der Waals surface area contributed by atoms with Crippen LogP contribution in [0.4, 0.5) is 0 Å². The number of ether oxygens (including phenoxy) is 1. The van der Waals surface area contributed by atoms with Crippen LogP contribution in [0, 0.1) is 24.7 Å². The molecule has 2 rings (SSSR count). The maximum Gasteiger partial charge on any atom is 0.253 e. The van der Waals surface area contributed by atoms with Crippen LogP contribution in [-0.2, 0) is 4.74 Å². The molecule has 0 bridgehead atoms. The molecule has 1 atom stereocenters. The summed E-state index contributed by atoms with van der Waals surface area (Å²) in [5.74, 6) is 6.01. The average Bonchev–Trinajstić information content (AvgIpc) is 2.94. The van der Waals surface area contributed by atoms with Crippen molar-refractivity contribution >= 4 is 5.91 Å². The van der Waals surface area contributed by atoms with E-state index in [2.05, 4.69) is 11.8 Å². The summed E-state index contributed by atoms with van der Waals surface area (Å²) in [4.78, 5) is 14.4. The van der Waals surface area contributed by atoms with Gasteiger partial charge in [0, 0.05) is 37.2 Å². The standard InChI is InChI=1S/C17H21NO3/c1-13-10-16(6-5-15(13)4-3-9-19)17(20)18-8-7-14(11-18)12-21-2/h5-6,10,14,19H,7-9,11-12H2,1-2H3. The van der Waals surface area contributed by atoms with Crippen LogP contribution >= 0.6 is 0 Å². The highest BCUT2D eigenvalue weighted by Gasteiger charge is 2.26. The van der Waals surface area contributed by atoms with Gasteiger partial charge in [-0.15, -0.1) is 0 Å². The third-order valence-corrected chi connectivity index (χ3v) is 3.75. The minimum atomic E-state index is -0.158. The normalized spacial score (nSPS) is 17.5. The molecule has 0 spiro atoms. The van der Waals surface area contributed by atoms with Crippen molar-refractivity contribution in [1.29, 1.82) is 0 Å². The van der Waals surface area contributed by atoms with E-state index in [-0.39, 0.29) is 12.5 Å². The van der Waals surface area contributed by atoms with Crippen molar-refractivity contribution in [3.05, 3.63) is 34.9 Å². The van der Waals surface area contributed by atoms with Gasteiger partial charge in [-0.2, -0.15) is 0 Å². The molecule has 0 aromatic heterocycles. The number of aliphatic hydroxyl groups is 1. The lowest BCUT2D eigenvalue weighted by atomic mass is 10.0. The van der Waals surface area contributed by atoms with E-state index in [1.807, 2.05) is 24.0 Å². The lowest BCUT2D eigenvalue weighted by Gasteiger charge is -2.17. The lowest BCUT2D eigenvalue weighted by Crippen LogP contribution is -2.29. The highest BCUT2D eigenvalue weighted by atomic mass is 16.5.